The highest BCUT2D eigenvalue weighted by atomic mass is 35.5. The summed E-state index contributed by atoms with van der Waals surface area (Å²) in [5.41, 5.74) is 2.49. The van der Waals surface area contributed by atoms with Crippen LogP contribution in [-0.4, -0.2) is 31.3 Å². The molecule has 1 amide bonds. The summed E-state index contributed by atoms with van der Waals surface area (Å²) in [5.74, 6) is -0.443. The molecule has 2 aromatic carbocycles. The van der Waals surface area contributed by atoms with E-state index in [2.05, 4.69) is 15.5 Å². The number of amides is 1. The second kappa shape index (κ2) is 11.6. The predicted molar refractivity (Wildman–Crippen MR) is 134 cm³/mol. The minimum atomic E-state index is -0.682. The summed E-state index contributed by atoms with van der Waals surface area (Å²) in [6.07, 6.45) is 0. The number of anilines is 1. The molecular weight excluding hydrogens is 474 g/mol. The second-order valence-corrected chi connectivity index (χ2v) is 8.80. The maximum atomic E-state index is 13.5. The van der Waals surface area contributed by atoms with Crippen LogP contribution in [0.3, 0.4) is 0 Å². The van der Waals surface area contributed by atoms with Crippen LogP contribution in [-0.2, 0) is 14.3 Å². The minimum Gasteiger partial charge on any atom is -0.495 e. The summed E-state index contributed by atoms with van der Waals surface area (Å²) in [7, 11) is 1.53. The maximum absolute atomic E-state index is 13.5. The van der Waals surface area contributed by atoms with E-state index in [1.165, 1.54) is 25.8 Å². The predicted octanol–water partition coefficient (Wildman–Crippen LogP) is 5.33. The number of nitrogens with zero attached hydrogens (tertiary/aromatic N) is 1. The van der Waals surface area contributed by atoms with Crippen LogP contribution in [0.2, 0.25) is 5.02 Å². The van der Waals surface area contributed by atoms with Crippen molar-refractivity contribution in [3.05, 3.63) is 92.5 Å². The number of para-hydroxylation sites is 2. The molecule has 1 atom stereocenters. The Bertz CT molecular complexity index is 1200. The zero-order valence-corrected chi connectivity index (χ0v) is 20.5. The molecule has 1 aliphatic rings. The van der Waals surface area contributed by atoms with Crippen molar-refractivity contribution in [3.8, 4) is 5.75 Å². The average molecular weight is 498 g/mol. The molecule has 0 aliphatic carbocycles. The summed E-state index contributed by atoms with van der Waals surface area (Å²) in [5, 5.41) is 7.16. The van der Waals surface area contributed by atoms with Crippen molar-refractivity contribution >= 4 is 40.9 Å². The van der Waals surface area contributed by atoms with Crippen LogP contribution in [0.1, 0.15) is 25.3 Å². The molecular formula is C25H24ClN3O4S. The number of thioether (sulfide) groups is 1. The van der Waals surface area contributed by atoms with Crippen LogP contribution in [0.4, 0.5) is 5.69 Å². The Balaban J connectivity index is 2.02. The highest BCUT2D eigenvalue weighted by Crippen LogP contribution is 2.44. The Kier molecular flexibility index (Phi) is 8.63. The standard InChI is InChI=1S/C25H24ClN3O4S/c1-15-21(24(31)29-19-11-7-8-12-20(19)32-4)22(17-9-5-6-10-18(17)26)23(27-3)25(28-15)34-14-13-33-16(2)30/h5-12,22,28H,13-14H2,1-2,4H3,(H,29,31). The van der Waals surface area contributed by atoms with Crippen LogP contribution < -0.4 is 15.4 Å². The van der Waals surface area contributed by atoms with Gasteiger partial charge in [-0.3, -0.25) is 9.59 Å². The smallest absolute Gasteiger partial charge is 0.302 e. The van der Waals surface area contributed by atoms with Crippen molar-refractivity contribution in [3.63, 3.8) is 0 Å². The third kappa shape index (κ3) is 5.74. The third-order valence-corrected chi connectivity index (χ3v) is 6.39. The zero-order valence-electron chi connectivity index (χ0n) is 19.0. The van der Waals surface area contributed by atoms with Gasteiger partial charge in [0.25, 0.3) is 5.91 Å². The van der Waals surface area contributed by atoms with Gasteiger partial charge in [-0.2, -0.15) is 0 Å². The summed E-state index contributed by atoms with van der Waals surface area (Å²) < 4.78 is 10.4. The Hall–Kier alpha value is -3.41. The number of halogens is 1. The maximum Gasteiger partial charge on any atom is 0.302 e. The minimum absolute atomic E-state index is 0.205. The molecule has 0 spiro atoms. The summed E-state index contributed by atoms with van der Waals surface area (Å²) in [4.78, 5) is 28.4. The van der Waals surface area contributed by atoms with Crippen LogP contribution in [0, 0.1) is 6.57 Å². The Morgan fingerprint density at radius 1 is 1.21 bits per heavy atom. The molecule has 0 saturated carbocycles. The lowest BCUT2D eigenvalue weighted by atomic mass is 9.85. The van der Waals surface area contributed by atoms with Gasteiger partial charge in [0, 0.05) is 29.0 Å². The van der Waals surface area contributed by atoms with Crippen molar-refractivity contribution in [2.75, 3.05) is 24.8 Å². The van der Waals surface area contributed by atoms with Crippen molar-refractivity contribution in [1.29, 1.82) is 0 Å². The molecule has 0 radical (unpaired) electrons. The van der Waals surface area contributed by atoms with Gasteiger partial charge in [-0.05, 0) is 30.7 Å². The van der Waals surface area contributed by atoms with Crippen LogP contribution in [0.5, 0.6) is 5.75 Å². The van der Waals surface area contributed by atoms with Gasteiger partial charge in [-0.1, -0.05) is 41.9 Å². The molecule has 2 aromatic rings. The largest absolute Gasteiger partial charge is 0.495 e. The summed E-state index contributed by atoms with van der Waals surface area (Å²) in [6, 6.07) is 14.3. The molecule has 0 fully saturated rings. The number of dihydropyridines is 1. The number of carbonyl (C=O) groups excluding carboxylic acids is 2. The lowest BCUT2D eigenvalue weighted by molar-refractivity contribution is -0.140. The molecule has 0 saturated heterocycles. The summed E-state index contributed by atoms with van der Waals surface area (Å²) in [6.45, 7) is 11.3. The molecule has 176 valence electrons. The van der Waals surface area contributed by atoms with E-state index < -0.39 is 5.92 Å². The van der Waals surface area contributed by atoms with Gasteiger partial charge in [0.2, 0.25) is 5.70 Å². The fraction of sp³-hybridized carbons (Fsp3) is 0.240. The van der Waals surface area contributed by atoms with Gasteiger partial charge in [-0.15, -0.1) is 11.8 Å². The summed E-state index contributed by atoms with van der Waals surface area (Å²) >= 11 is 7.88. The Morgan fingerprint density at radius 3 is 2.59 bits per heavy atom. The van der Waals surface area contributed by atoms with E-state index in [9.17, 15) is 9.59 Å². The van der Waals surface area contributed by atoms with E-state index in [0.29, 0.717) is 49.8 Å². The van der Waals surface area contributed by atoms with Gasteiger partial charge in [-0.25, -0.2) is 4.85 Å². The number of hydrogen-bond donors (Lipinski definition) is 2. The van der Waals surface area contributed by atoms with E-state index in [-0.39, 0.29) is 18.5 Å². The lowest BCUT2D eigenvalue weighted by Crippen LogP contribution is -2.30. The molecule has 9 heteroatoms. The highest BCUT2D eigenvalue weighted by Gasteiger charge is 2.36. The first-order chi connectivity index (χ1) is 16.4. The Labute approximate surface area is 208 Å². The van der Waals surface area contributed by atoms with Crippen LogP contribution in [0.15, 0.2) is 70.5 Å². The number of ether oxygens (including phenoxy) is 2. The van der Waals surface area contributed by atoms with Gasteiger partial charge in [0.05, 0.1) is 30.3 Å². The van der Waals surface area contributed by atoms with Crippen molar-refractivity contribution in [1.82, 2.24) is 5.32 Å². The topological polar surface area (TPSA) is 81.0 Å². The molecule has 0 bridgehead atoms. The Morgan fingerprint density at radius 2 is 1.91 bits per heavy atom. The van der Waals surface area contributed by atoms with Gasteiger partial charge in [0.15, 0.2) is 0 Å². The normalized spacial score (nSPS) is 15.3. The molecule has 2 N–H and O–H groups in total. The van der Waals surface area contributed by atoms with E-state index in [1.807, 2.05) is 18.2 Å². The molecule has 7 nitrogen and oxygen atoms in total. The van der Waals surface area contributed by atoms with Gasteiger partial charge < -0.3 is 20.1 Å². The number of rotatable bonds is 8. The number of carbonyl (C=O) groups is 2. The van der Waals surface area contributed by atoms with E-state index >= 15 is 0 Å². The highest BCUT2D eigenvalue weighted by molar-refractivity contribution is 8.03. The first-order valence-electron chi connectivity index (χ1n) is 10.4. The van der Waals surface area contributed by atoms with E-state index in [4.69, 9.17) is 27.6 Å². The fourth-order valence-corrected chi connectivity index (χ4v) is 4.74. The second-order valence-electron chi connectivity index (χ2n) is 7.29. The quantitative estimate of drug-likeness (QED) is 0.291. The number of allylic oxidation sites excluding steroid dienone is 2. The molecule has 1 unspecified atom stereocenters. The van der Waals surface area contributed by atoms with Crippen molar-refractivity contribution < 1.29 is 19.1 Å². The van der Waals surface area contributed by atoms with E-state index in [1.54, 1.807) is 37.3 Å². The number of esters is 1. The van der Waals surface area contributed by atoms with Gasteiger partial charge in [0.1, 0.15) is 12.4 Å². The zero-order chi connectivity index (χ0) is 24.7. The van der Waals surface area contributed by atoms with Crippen LogP contribution in [0.25, 0.3) is 4.85 Å². The van der Waals surface area contributed by atoms with E-state index in [0.717, 1.165) is 0 Å². The fourth-order valence-electron chi connectivity index (χ4n) is 3.59. The van der Waals surface area contributed by atoms with Crippen molar-refractivity contribution in [2.45, 2.75) is 19.8 Å². The number of methoxy groups -OCH3 is 1. The lowest BCUT2D eigenvalue weighted by Gasteiger charge is -2.30. The molecule has 1 heterocycles. The molecule has 3 rings (SSSR count). The number of benzene rings is 2. The number of nitrogens with one attached hydrogen (secondary N) is 2. The first-order valence-corrected chi connectivity index (χ1v) is 11.8. The average Bonchev–Trinajstić information content (AvgIpc) is 2.82. The van der Waals surface area contributed by atoms with Gasteiger partial charge >= 0.3 is 5.97 Å². The monoisotopic (exact) mass is 497 g/mol. The van der Waals surface area contributed by atoms with Crippen molar-refractivity contribution in [2.24, 2.45) is 0 Å². The molecule has 1 aliphatic heterocycles. The number of hydrogen-bond acceptors (Lipinski definition) is 6. The molecule has 0 aromatic heterocycles. The first kappa shape index (κ1) is 25.2. The van der Waals surface area contributed by atoms with Crippen LogP contribution >= 0.6 is 23.4 Å². The third-order valence-electron chi connectivity index (χ3n) is 5.07. The molecule has 34 heavy (non-hydrogen) atoms. The SMILES string of the molecule is [C-]#[N+]C1=C(SCCOC(C)=O)NC(C)=C(C(=O)Nc2ccccc2OC)C1c1ccccc1Cl.